The normalized spacial score (nSPS) is 11.3. The van der Waals surface area contributed by atoms with Gasteiger partial charge in [0, 0.05) is 6.42 Å². The number of carbonyl (C=O) groups excluding carboxylic acids is 1. The van der Waals surface area contributed by atoms with Gasteiger partial charge < -0.3 is 4.74 Å². The van der Waals surface area contributed by atoms with Gasteiger partial charge in [0.2, 0.25) is 5.24 Å². The molecule has 1 rings (SSSR count). The molecule has 18 heavy (non-hydrogen) atoms. The van der Waals surface area contributed by atoms with E-state index < -0.39 is 0 Å². The summed E-state index contributed by atoms with van der Waals surface area (Å²) in [5.74, 6) is 0.840. The van der Waals surface area contributed by atoms with Crippen LogP contribution in [0.2, 0.25) is 0 Å². The molecule has 100 valence electrons. The lowest BCUT2D eigenvalue weighted by Crippen LogP contribution is -2.15. The molecule has 0 aromatic heterocycles. The van der Waals surface area contributed by atoms with Crippen molar-refractivity contribution < 1.29 is 9.53 Å². The van der Waals surface area contributed by atoms with Crippen molar-refractivity contribution in [1.82, 2.24) is 0 Å². The van der Waals surface area contributed by atoms with Gasteiger partial charge in [0.05, 0.1) is 6.61 Å². The summed E-state index contributed by atoms with van der Waals surface area (Å²) in [7, 11) is 0. The van der Waals surface area contributed by atoms with Crippen molar-refractivity contribution in [3.8, 4) is 5.75 Å². The first kappa shape index (κ1) is 15.0. The minimum atomic E-state index is -0.307. The summed E-state index contributed by atoms with van der Waals surface area (Å²) < 4.78 is 5.55. The highest BCUT2D eigenvalue weighted by Gasteiger charge is 2.17. The van der Waals surface area contributed by atoms with Crippen molar-refractivity contribution in [1.29, 1.82) is 0 Å². The maximum absolute atomic E-state index is 10.6. The Bertz CT molecular complexity index is 382. The predicted octanol–water partition coefficient (Wildman–Crippen LogP) is 4.30. The Labute approximate surface area is 114 Å². The lowest BCUT2D eigenvalue weighted by molar-refractivity contribution is -0.111. The molecule has 0 bridgehead atoms. The molecule has 1 aromatic carbocycles. The average Bonchev–Trinajstić information content (AvgIpc) is 2.35. The van der Waals surface area contributed by atoms with E-state index >= 15 is 0 Å². The number of ether oxygens (including phenoxy) is 1. The SMILES string of the molecule is CCC(C)(C)c1ccc(OCCCC(=O)Cl)cc1. The molecule has 0 aliphatic carbocycles. The molecule has 0 saturated heterocycles. The second-order valence-corrected chi connectivity index (χ2v) is 5.49. The lowest BCUT2D eigenvalue weighted by atomic mass is 9.82. The highest BCUT2D eigenvalue weighted by atomic mass is 35.5. The van der Waals surface area contributed by atoms with Gasteiger partial charge in [0.15, 0.2) is 0 Å². The molecule has 0 saturated carbocycles. The summed E-state index contributed by atoms with van der Waals surface area (Å²) in [4.78, 5) is 10.6. The molecule has 1 aromatic rings. The van der Waals surface area contributed by atoms with Gasteiger partial charge in [-0.3, -0.25) is 4.79 Å². The number of hydrogen-bond donors (Lipinski definition) is 0. The van der Waals surface area contributed by atoms with Gasteiger partial charge in [0.25, 0.3) is 0 Å². The summed E-state index contributed by atoms with van der Waals surface area (Å²) in [5.41, 5.74) is 1.51. The maximum atomic E-state index is 10.6. The molecule has 0 N–H and O–H groups in total. The fraction of sp³-hybridized carbons (Fsp3) is 0.533. The minimum absolute atomic E-state index is 0.198. The molecule has 0 aliphatic heterocycles. The van der Waals surface area contributed by atoms with Crippen LogP contribution in [-0.4, -0.2) is 11.8 Å². The summed E-state index contributed by atoms with van der Waals surface area (Å²) in [6, 6.07) is 8.17. The molecular formula is C15H21ClO2. The molecule has 0 amide bonds. The molecule has 3 heteroatoms. The number of hydrogen-bond acceptors (Lipinski definition) is 2. The Morgan fingerprint density at radius 2 is 1.89 bits per heavy atom. The second-order valence-electron chi connectivity index (χ2n) is 5.07. The first-order valence-corrected chi connectivity index (χ1v) is 6.75. The predicted molar refractivity (Wildman–Crippen MR) is 75.3 cm³/mol. The van der Waals surface area contributed by atoms with E-state index in [1.54, 1.807) is 0 Å². The van der Waals surface area contributed by atoms with Crippen molar-refractivity contribution in [2.45, 2.75) is 45.4 Å². The number of carbonyl (C=O) groups is 1. The van der Waals surface area contributed by atoms with Gasteiger partial charge in [-0.2, -0.15) is 0 Å². The standard InChI is InChI=1S/C15H21ClO2/c1-4-15(2,3)12-7-9-13(10-8-12)18-11-5-6-14(16)17/h7-10H,4-6,11H2,1-3H3. The highest BCUT2D eigenvalue weighted by Crippen LogP contribution is 2.28. The largest absolute Gasteiger partial charge is 0.494 e. The zero-order chi connectivity index (χ0) is 13.6. The van der Waals surface area contributed by atoms with Crippen LogP contribution in [-0.2, 0) is 10.2 Å². The fourth-order valence-electron chi connectivity index (χ4n) is 1.61. The van der Waals surface area contributed by atoms with Gasteiger partial charge in [-0.1, -0.05) is 32.9 Å². The van der Waals surface area contributed by atoms with E-state index in [-0.39, 0.29) is 10.7 Å². The quantitative estimate of drug-likeness (QED) is 0.544. The van der Waals surface area contributed by atoms with E-state index in [0.29, 0.717) is 19.4 Å². The molecule has 0 fully saturated rings. The van der Waals surface area contributed by atoms with E-state index in [1.165, 1.54) is 5.56 Å². The van der Waals surface area contributed by atoms with Crippen molar-refractivity contribution in [2.24, 2.45) is 0 Å². The average molecular weight is 269 g/mol. The summed E-state index contributed by atoms with van der Waals surface area (Å²) in [6.07, 6.45) is 2.12. The second kappa shape index (κ2) is 6.79. The smallest absolute Gasteiger partial charge is 0.221 e. The summed E-state index contributed by atoms with van der Waals surface area (Å²) in [6.45, 7) is 7.17. The van der Waals surface area contributed by atoms with Crippen LogP contribution >= 0.6 is 11.6 Å². The molecular weight excluding hydrogens is 248 g/mol. The Morgan fingerprint density at radius 1 is 1.28 bits per heavy atom. The topological polar surface area (TPSA) is 26.3 Å². The summed E-state index contributed by atoms with van der Waals surface area (Å²) in [5, 5.41) is -0.307. The van der Waals surface area contributed by atoms with Crippen molar-refractivity contribution >= 4 is 16.8 Å². The number of halogens is 1. The lowest BCUT2D eigenvalue weighted by Gasteiger charge is -2.23. The Kier molecular flexibility index (Phi) is 5.67. The van der Waals surface area contributed by atoms with Crippen LogP contribution in [0.4, 0.5) is 0 Å². The van der Waals surface area contributed by atoms with Crippen LogP contribution < -0.4 is 4.74 Å². The first-order chi connectivity index (χ1) is 8.45. The molecule has 0 atom stereocenters. The molecule has 2 nitrogen and oxygen atoms in total. The number of benzene rings is 1. The monoisotopic (exact) mass is 268 g/mol. The van der Waals surface area contributed by atoms with Crippen LogP contribution in [0.3, 0.4) is 0 Å². The summed E-state index contributed by atoms with van der Waals surface area (Å²) >= 11 is 5.25. The van der Waals surface area contributed by atoms with Crippen LogP contribution in [0.1, 0.15) is 45.6 Å². The van der Waals surface area contributed by atoms with E-state index in [2.05, 4.69) is 32.9 Å². The molecule has 0 aliphatic rings. The molecule has 0 heterocycles. The third-order valence-corrected chi connectivity index (χ3v) is 3.50. The van der Waals surface area contributed by atoms with E-state index in [9.17, 15) is 4.79 Å². The van der Waals surface area contributed by atoms with Crippen LogP contribution in [0.25, 0.3) is 0 Å². The van der Waals surface area contributed by atoms with Gasteiger partial charge in [-0.15, -0.1) is 0 Å². The van der Waals surface area contributed by atoms with E-state index in [1.807, 2.05) is 12.1 Å². The van der Waals surface area contributed by atoms with Crippen molar-refractivity contribution in [2.75, 3.05) is 6.61 Å². The number of rotatable bonds is 7. The zero-order valence-corrected chi connectivity index (χ0v) is 12.1. The van der Waals surface area contributed by atoms with E-state index in [4.69, 9.17) is 16.3 Å². The van der Waals surface area contributed by atoms with Gasteiger partial charge in [-0.05, 0) is 47.6 Å². The maximum Gasteiger partial charge on any atom is 0.221 e. The van der Waals surface area contributed by atoms with Crippen LogP contribution in [0.5, 0.6) is 5.75 Å². The van der Waals surface area contributed by atoms with Gasteiger partial charge in [0.1, 0.15) is 5.75 Å². The molecule has 0 radical (unpaired) electrons. The van der Waals surface area contributed by atoms with Crippen LogP contribution in [0, 0.1) is 0 Å². The van der Waals surface area contributed by atoms with E-state index in [0.717, 1.165) is 12.2 Å². The highest BCUT2D eigenvalue weighted by molar-refractivity contribution is 6.63. The molecule has 0 unspecified atom stereocenters. The van der Waals surface area contributed by atoms with Crippen molar-refractivity contribution in [3.63, 3.8) is 0 Å². The van der Waals surface area contributed by atoms with Gasteiger partial charge >= 0.3 is 0 Å². The Hall–Kier alpha value is -1.02. The zero-order valence-electron chi connectivity index (χ0n) is 11.3. The first-order valence-electron chi connectivity index (χ1n) is 6.37. The Balaban J connectivity index is 2.48. The van der Waals surface area contributed by atoms with Crippen LogP contribution in [0.15, 0.2) is 24.3 Å². The van der Waals surface area contributed by atoms with Crippen molar-refractivity contribution in [3.05, 3.63) is 29.8 Å². The third kappa shape index (κ3) is 4.69. The third-order valence-electron chi connectivity index (χ3n) is 3.31. The minimum Gasteiger partial charge on any atom is -0.494 e. The fourth-order valence-corrected chi connectivity index (χ4v) is 1.74. The molecule has 0 spiro atoms. The van der Waals surface area contributed by atoms with Gasteiger partial charge in [-0.25, -0.2) is 0 Å². The Morgan fingerprint density at radius 3 is 2.39 bits per heavy atom.